The number of hydrogen-bond acceptors (Lipinski definition) is 1. The molecule has 0 aliphatic heterocycles. The quantitative estimate of drug-likeness (QED) is 0.746. The summed E-state index contributed by atoms with van der Waals surface area (Å²) in [5, 5.41) is 0.777. The third-order valence-corrected chi connectivity index (χ3v) is 3.85. The smallest absolute Gasteiger partial charge is 0.134 e. The van der Waals surface area contributed by atoms with Gasteiger partial charge in [0, 0.05) is 16.9 Å². The summed E-state index contributed by atoms with van der Waals surface area (Å²) < 4.78 is 0. The van der Waals surface area contributed by atoms with Crippen molar-refractivity contribution in [2.24, 2.45) is 11.3 Å². The molecule has 1 fully saturated rings. The first-order chi connectivity index (χ1) is 6.96. The Labute approximate surface area is 95.4 Å². The van der Waals surface area contributed by atoms with Crippen LogP contribution in [0.25, 0.3) is 0 Å². The Morgan fingerprint density at radius 2 is 1.93 bits per heavy atom. The van der Waals surface area contributed by atoms with Crippen LogP contribution in [0, 0.1) is 11.3 Å². The predicted octanol–water partition coefficient (Wildman–Crippen LogP) is 3.67. The summed E-state index contributed by atoms with van der Waals surface area (Å²) in [4.78, 5) is 11.5. The van der Waals surface area contributed by atoms with Crippen LogP contribution >= 0.6 is 11.6 Å². The van der Waals surface area contributed by atoms with Gasteiger partial charge in [-0.15, -0.1) is 0 Å². The van der Waals surface area contributed by atoms with Gasteiger partial charge in [-0.2, -0.15) is 0 Å². The fourth-order valence-corrected chi connectivity index (χ4v) is 2.96. The SMILES string of the molecule is CC(=O)C1C(c2ccccc2Cl)C1(C)C. The van der Waals surface area contributed by atoms with Crippen LogP contribution in [0.3, 0.4) is 0 Å². The zero-order valence-electron chi connectivity index (χ0n) is 9.25. The van der Waals surface area contributed by atoms with E-state index in [2.05, 4.69) is 13.8 Å². The van der Waals surface area contributed by atoms with Gasteiger partial charge in [0.15, 0.2) is 0 Å². The van der Waals surface area contributed by atoms with Gasteiger partial charge in [-0.05, 0) is 24.0 Å². The van der Waals surface area contributed by atoms with E-state index < -0.39 is 0 Å². The first-order valence-electron chi connectivity index (χ1n) is 5.21. The van der Waals surface area contributed by atoms with E-state index in [0.717, 1.165) is 10.6 Å². The van der Waals surface area contributed by atoms with Gasteiger partial charge in [0.25, 0.3) is 0 Å². The predicted molar refractivity (Wildman–Crippen MR) is 62.1 cm³/mol. The van der Waals surface area contributed by atoms with Gasteiger partial charge < -0.3 is 0 Å². The lowest BCUT2D eigenvalue weighted by atomic mass is 10.0. The Kier molecular flexibility index (Phi) is 2.38. The second-order valence-electron chi connectivity index (χ2n) is 4.91. The lowest BCUT2D eigenvalue weighted by molar-refractivity contribution is -0.118. The minimum Gasteiger partial charge on any atom is -0.300 e. The van der Waals surface area contributed by atoms with Crippen LogP contribution in [0.5, 0.6) is 0 Å². The highest BCUT2D eigenvalue weighted by molar-refractivity contribution is 6.31. The summed E-state index contributed by atoms with van der Waals surface area (Å²) in [6.07, 6.45) is 0. The van der Waals surface area contributed by atoms with E-state index in [-0.39, 0.29) is 17.1 Å². The molecule has 0 N–H and O–H groups in total. The summed E-state index contributed by atoms with van der Waals surface area (Å²) >= 11 is 6.15. The molecule has 1 aliphatic carbocycles. The van der Waals surface area contributed by atoms with Crippen molar-refractivity contribution in [3.63, 3.8) is 0 Å². The van der Waals surface area contributed by atoms with Crippen molar-refractivity contribution in [2.75, 3.05) is 0 Å². The van der Waals surface area contributed by atoms with Crippen molar-refractivity contribution in [1.82, 2.24) is 0 Å². The van der Waals surface area contributed by atoms with Gasteiger partial charge in [0.2, 0.25) is 0 Å². The van der Waals surface area contributed by atoms with E-state index in [9.17, 15) is 4.79 Å². The Morgan fingerprint density at radius 1 is 1.33 bits per heavy atom. The zero-order chi connectivity index (χ0) is 11.2. The molecule has 1 aromatic carbocycles. The first-order valence-corrected chi connectivity index (χ1v) is 5.59. The van der Waals surface area contributed by atoms with Crippen molar-refractivity contribution in [1.29, 1.82) is 0 Å². The Balaban J connectivity index is 2.36. The number of Topliss-reactive ketones (excluding diaryl/α,β-unsaturated/α-hetero) is 1. The second-order valence-corrected chi connectivity index (χ2v) is 5.32. The average molecular weight is 223 g/mol. The van der Waals surface area contributed by atoms with E-state index in [0.29, 0.717) is 5.92 Å². The summed E-state index contributed by atoms with van der Waals surface area (Å²) in [6.45, 7) is 5.93. The molecule has 80 valence electrons. The highest BCUT2D eigenvalue weighted by atomic mass is 35.5. The zero-order valence-corrected chi connectivity index (χ0v) is 10.0. The van der Waals surface area contributed by atoms with Crippen molar-refractivity contribution in [3.8, 4) is 0 Å². The largest absolute Gasteiger partial charge is 0.300 e. The Bertz CT molecular complexity index is 409. The number of benzene rings is 1. The minimum atomic E-state index is 0.0663. The molecule has 0 amide bonds. The number of hydrogen-bond donors (Lipinski definition) is 0. The van der Waals surface area contributed by atoms with Crippen molar-refractivity contribution in [2.45, 2.75) is 26.7 Å². The molecule has 2 rings (SSSR count). The molecule has 1 aliphatic rings. The molecule has 1 aromatic rings. The van der Waals surface area contributed by atoms with Gasteiger partial charge in [-0.1, -0.05) is 43.6 Å². The van der Waals surface area contributed by atoms with E-state index in [1.54, 1.807) is 6.92 Å². The van der Waals surface area contributed by atoms with E-state index in [1.165, 1.54) is 0 Å². The van der Waals surface area contributed by atoms with Gasteiger partial charge >= 0.3 is 0 Å². The Morgan fingerprint density at radius 3 is 2.40 bits per heavy atom. The van der Waals surface area contributed by atoms with Crippen LogP contribution in [-0.2, 0) is 4.79 Å². The third kappa shape index (κ3) is 1.59. The molecule has 0 radical (unpaired) electrons. The lowest BCUT2D eigenvalue weighted by Crippen LogP contribution is -1.99. The fourth-order valence-electron chi connectivity index (χ4n) is 2.70. The second kappa shape index (κ2) is 3.34. The maximum atomic E-state index is 11.5. The summed E-state index contributed by atoms with van der Waals surface area (Å²) in [5.74, 6) is 0.700. The molecule has 1 nitrogen and oxygen atoms in total. The molecule has 2 heteroatoms. The molecular formula is C13H15ClO. The third-order valence-electron chi connectivity index (χ3n) is 3.51. The highest BCUT2D eigenvalue weighted by Crippen LogP contribution is 2.65. The van der Waals surface area contributed by atoms with Crippen molar-refractivity contribution < 1.29 is 4.79 Å². The molecule has 0 aromatic heterocycles. The van der Waals surface area contributed by atoms with E-state index in [1.807, 2.05) is 24.3 Å². The molecule has 2 unspecified atom stereocenters. The van der Waals surface area contributed by atoms with Gasteiger partial charge in [-0.25, -0.2) is 0 Å². The van der Waals surface area contributed by atoms with Crippen LogP contribution in [0.2, 0.25) is 5.02 Å². The van der Waals surface area contributed by atoms with Crippen LogP contribution in [0.1, 0.15) is 32.3 Å². The number of rotatable bonds is 2. The summed E-state index contributed by atoms with van der Waals surface area (Å²) in [7, 11) is 0. The number of carbonyl (C=O) groups is 1. The van der Waals surface area contributed by atoms with Crippen molar-refractivity contribution in [3.05, 3.63) is 34.9 Å². The van der Waals surface area contributed by atoms with Crippen molar-refractivity contribution >= 4 is 17.4 Å². The van der Waals surface area contributed by atoms with Crippen LogP contribution in [-0.4, -0.2) is 5.78 Å². The average Bonchev–Trinajstić information content (AvgIpc) is 2.70. The number of ketones is 1. The maximum Gasteiger partial charge on any atom is 0.134 e. The van der Waals surface area contributed by atoms with Crippen LogP contribution in [0.15, 0.2) is 24.3 Å². The van der Waals surface area contributed by atoms with E-state index >= 15 is 0 Å². The molecule has 0 spiro atoms. The fraction of sp³-hybridized carbons (Fsp3) is 0.462. The summed E-state index contributed by atoms with van der Waals surface area (Å²) in [6, 6.07) is 7.82. The number of halogens is 1. The minimum absolute atomic E-state index is 0.0663. The Hall–Kier alpha value is -0.820. The number of carbonyl (C=O) groups excluding carboxylic acids is 1. The molecule has 15 heavy (non-hydrogen) atoms. The molecule has 2 atom stereocenters. The monoisotopic (exact) mass is 222 g/mol. The normalized spacial score (nSPS) is 27.5. The molecular weight excluding hydrogens is 208 g/mol. The standard InChI is InChI=1S/C13H15ClO/c1-8(15)11-12(13(11,2)3)9-6-4-5-7-10(9)14/h4-7,11-12H,1-3H3. The molecule has 0 heterocycles. The summed E-state index contributed by atoms with van der Waals surface area (Å²) in [5.41, 5.74) is 1.18. The lowest BCUT2D eigenvalue weighted by Gasteiger charge is -2.04. The molecule has 1 saturated carbocycles. The van der Waals surface area contributed by atoms with Crippen LogP contribution < -0.4 is 0 Å². The molecule has 0 saturated heterocycles. The van der Waals surface area contributed by atoms with Gasteiger partial charge in [0.1, 0.15) is 5.78 Å². The van der Waals surface area contributed by atoms with Gasteiger partial charge in [-0.3, -0.25) is 4.79 Å². The maximum absolute atomic E-state index is 11.5. The highest BCUT2D eigenvalue weighted by Gasteiger charge is 2.61. The first kappa shape index (κ1) is 10.7. The van der Waals surface area contributed by atoms with Crippen LogP contribution in [0.4, 0.5) is 0 Å². The topological polar surface area (TPSA) is 17.1 Å². The van der Waals surface area contributed by atoms with Gasteiger partial charge in [0.05, 0.1) is 0 Å². The molecule has 0 bridgehead atoms. The van der Waals surface area contributed by atoms with E-state index in [4.69, 9.17) is 11.6 Å².